The van der Waals surface area contributed by atoms with Crippen LogP contribution in [0.1, 0.15) is 10.5 Å². The van der Waals surface area contributed by atoms with Gasteiger partial charge in [-0.15, -0.1) is 0 Å². The lowest BCUT2D eigenvalue weighted by Crippen LogP contribution is -1.97. The monoisotopic (exact) mass is 241 g/mol. The number of aromatic carboxylic acids is 1. The van der Waals surface area contributed by atoms with E-state index in [1.54, 1.807) is 22.9 Å². The van der Waals surface area contributed by atoms with E-state index in [2.05, 4.69) is 25.9 Å². The van der Waals surface area contributed by atoms with Gasteiger partial charge < -0.3 is 5.11 Å². The molecule has 0 aliphatic rings. The fourth-order valence-electron chi connectivity index (χ4n) is 0.995. The van der Waals surface area contributed by atoms with Gasteiger partial charge in [0.1, 0.15) is 4.60 Å². The molecule has 0 aromatic carbocycles. The minimum Gasteiger partial charge on any atom is -0.476 e. The standard InChI is InChI=1S/C7H4BrN3O2/c8-5-4(6(12)13)10-7-9-2-1-3-11(5)7/h1-3H,(H,12,13). The number of rotatable bonds is 1. The van der Waals surface area contributed by atoms with Gasteiger partial charge in [-0.1, -0.05) is 0 Å². The zero-order valence-corrected chi connectivity index (χ0v) is 7.89. The molecule has 0 amide bonds. The smallest absolute Gasteiger partial charge is 0.357 e. The number of hydrogen-bond donors (Lipinski definition) is 1. The van der Waals surface area contributed by atoms with Gasteiger partial charge in [0.05, 0.1) is 0 Å². The molecule has 2 rings (SSSR count). The van der Waals surface area contributed by atoms with Gasteiger partial charge in [0.25, 0.3) is 0 Å². The van der Waals surface area contributed by atoms with E-state index in [1.165, 1.54) is 0 Å². The van der Waals surface area contributed by atoms with E-state index in [0.717, 1.165) is 0 Å². The van der Waals surface area contributed by atoms with Crippen LogP contribution in [0.2, 0.25) is 0 Å². The van der Waals surface area contributed by atoms with E-state index < -0.39 is 5.97 Å². The summed E-state index contributed by atoms with van der Waals surface area (Å²) in [5.74, 6) is -0.704. The Kier molecular flexibility index (Phi) is 1.77. The van der Waals surface area contributed by atoms with Crippen molar-refractivity contribution >= 4 is 27.7 Å². The van der Waals surface area contributed by atoms with E-state index >= 15 is 0 Å². The lowest BCUT2D eigenvalue weighted by molar-refractivity contribution is 0.0690. The van der Waals surface area contributed by atoms with Crippen LogP contribution in [0.25, 0.3) is 5.78 Å². The molecule has 0 radical (unpaired) electrons. The van der Waals surface area contributed by atoms with Crippen molar-refractivity contribution < 1.29 is 9.90 Å². The topological polar surface area (TPSA) is 67.5 Å². The largest absolute Gasteiger partial charge is 0.476 e. The number of halogens is 1. The van der Waals surface area contributed by atoms with Crippen LogP contribution in [-0.2, 0) is 0 Å². The number of carboxylic acid groups (broad SMARTS) is 1. The summed E-state index contributed by atoms with van der Waals surface area (Å²) in [6.07, 6.45) is 3.24. The van der Waals surface area contributed by atoms with Gasteiger partial charge in [-0.05, 0) is 22.0 Å². The predicted molar refractivity (Wildman–Crippen MR) is 47.6 cm³/mol. The SMILES string of the molecule is O=C(O)c1nc2ncccn2c1Br. The molecule has 0 aliphatic heterocycles. The van der Waals surface area contributed by atoms with Gasteiger partial charge in [0.15, 0.2) is 5.69 Å². The molecule has 0 unspecified atom stereocenters. The Hall–Kier alpha value is -1.43. The van der Waals surface area contributed by atoms with Crippen LogP contribution in [0, 0.1) is 0 Å². The van der Waals surface area contributed by atoms with Gasteiger partial charge in [-0.25, -0.2) is 14.8 Å². The quantitative estimate of drug-likeness (QED) is 0.815. The first-order valence-corrected chi connectivity index (χ1v) is 4.21. The van der Waals surface area contributed by atoms with Gasteiger partial charge in [-0.3, -0.25) is 4.40 Å². The number of carbonyl (C=O) groups is 1. The lowest BCUT2D eigenvalue weighted by atomic mass is 10.5. The van der Waals surface area contributed by atoms with Crippen LogP contribution >= 0.6 is 15.9 Å². The molecule has 0 saturated heterocycles. The molecule has 0 fully saturated rings. The number of hydrogen-bond acceptors (Lipinski definition) is 3. The molecule has 0 spiro atoms. The fourth-order valence-corrected chi connectivity index (χ4v) is 1.53. The number of fused-ring (bicyclic) bond motifs is 1. The predicted octanol–water partition coefficient (Wildman–Crippen LogP) is 1.19. The first-order valence-electron chi connectivity index (χ1n) is 3.42. The average molecular weight is 242 g/mol. The molecule has 2 aromatic heterocycles. The normalized spacial score (nSPS) is 10.5. The highest BCUT2D eigenvalue weighted by Crippen LogP contribution is 2.16. The Morgan fingerprint density at radius 2 is 2.38 bits per heavy atom. The third kappa shape index (κ3) is 1.19. The fraction of sp³-hybridized carbons (Fsp3) is 0. The summed E-state index contributed by atoms with van der Waals surface area (Å²) < 4.78 is 1.96. The van der Waals surface area contributed by atoms with Crippen molar-refractivity contribution in [2.24, 2.45) is 0 Å². The third-order valence-electron chi connectivity index (χ3n) is 1.55. The second-order valence-electron chi connectivity index (χ2n) is 2.35. The second kappa shape index (κ2) is 2.81. The first kappa shape index (κ1) is 8.18. The number of carboxylic acids is 1. The highest BCUT2D eigenvalue weighted by Gasteiger charge is 2.15. The Bertz CT molecular complexity index is 480. The Morgan fingerprint density at radius 3 is 3.00 bits per heavy atom. The van der Waals surface area contributed by atoms with Crippen molar-refractivity contribution in [3.05, 3.63) is 28.8 Å². The molecule has 1 N–H and O–H groups in total. The zero-order valence-electron chi connectivity index (χ0n) is 6.31. The maximum atomic E-state index is 10.7. The molecule has 66 valence electrons. The summed E-state index contributed by atoms with van der Waals surface area (Å²) in [7, 11) is 0. The van der Waals surface area contributed by atoms with E-state index in [4.69, 9.17) is 5.11 Å². The van der Waals surface area contributed by atoms with Crippen molar-refractivity contribution in [2.75, 3.05) is 0 Å². The van der Waals surface area contributed by atoms with E-state index in [0.29, 0.717) is 10.4 Å². The molecule has 0 aliphatic carbocycles. The average Bonchev–Trinajstić information content (AvgIpc) is 2.45. The molecular weight excluding hydrogens is 238 g/mol. The van der Waals surface area contributed by atoms with Crippen LogP contribution in [-0.4, -0.2) is 25.4 Å². The van der Waals surface area contributed by atoms with Crippen molar-refractivity contribution in [1.29, 1.82) is 0 Å². The van der Waals surface area contributed by atoms with E-state index in [9.17, 15) is 4.79 Å². The molecule has 5 nitrogen and oxygen atoms in total. The molecular formula is C7H4BrN3O2. The lowest BCUT2D eigenvalue weighted by Gasteiger charge is -1.90. The number of aromatic nitrogens is 3. The number of nitrogens with zero attached hydrogens (tertiary/aromatic N) is 3. The highest BCUT2D eigenvalue weighted by atomic mass is 79.9. The van der Waals surface area contributed by atoms with E-state index in [-0.39, 0.29) is 5.69 Å². The van der Waals surface area contributed by atoms with Crippen LogP contribution < -0.4 is 0 Å². The molecule has 0 bridgehead atoms. The summed E-state index contributed by atoms with van der Waals surface area (Å²) in [6.45, 7) is 0. The molecule has 2 heterocycles. The van der Waals surface area contributed by atoms with Crippen molar-refractivity contribution in [3.63, 3.8) is 0 Å². The van der Waals surface area contributed by atoms with Crippen molar-refractivity contribution in [1.82, 2.24) is 14.4 Å². The third-order valence-corrected chi connectivity index (χ3v) is 2.31. The van der Waals surface area contributed by atoms with Crippen LogP contribution in [0.5, 0.6) is 0 Å². The minimum atomic E-state index is -1.07. The molecule has 6 heteroatoms. The maximum Gasteiger partial charge on any atom is 0.357 e. The van der Waals surface area contributed by atoms with E-state index in [1.807, 2.05) is 0 Å². The minimum absolute atomic E-state index is 0.0290. The highest BCUT2D eigenvalue weighted by molar-refractivity contribution is 9.10. The molecule has 2 aromatic rings. The van der Waals surface area contributed by atoms with Crippen LogP contribution in [0.4, 0.5) is 0 Å². The summed E-state index contributed by atoms with van der Waals surface area (Å²) in [5, 5.41) is 8.73. The van der Waals surface area contributed by atoms with Gasteiger partial charge in [-0.2, -0.15) is 0 Å². The number of imidazole rings is 1. The Morgan fingerprint density at radius 1 is 1.62 bits per heavy atom. The van der Waals surface area contributed by atoms with Crippen molar-refractivity contribution in [2.45, 2.75) is 0 Å². The van der Waals surface area contributed by atoms with Crippen molar-refractivity contribution in [3.8, 4) is 0 Å². The summed E-state index contributed by atoms with van der Waals surface area (Å²) in [6, 6.07) is 1.70. The molecule has 13 heavy (non-hydrogen) atoms. The Balaban J connectivity index is 2.81. The molecule has 0 atom stereocenters. The van der Waals surface area contributed by atoms with Gasteiger partial charge in [0.2, 0.25) is 5.78 Å². The summed E-state index contributed by atoms with van der Waals surface area (Å²) in [5.41, 5.74) is -0.0290. The first-order chi connectivity index (χ1) is 6.20. The second-order valence-corrected chi connectivity index (χ2v) is 3.10. The van der Waals surface area contributed by atoms with Gasteiger partial charge >= 0.3 is 5.97 Å². The Labute approximate surface area is 81.2 Å². The van der Waals surface area contributed by atoms with Crippen LogP contribution in [0.3, 0.4) is 0 Å². The molecule has 0 saturated carbocycles. The summed E-state index contributed by atoms with van der Waals surface area (Å²) in [4.78, 5) is 18.4. The van der Waals surface area contributed by atoms with Crippen LogP contribution in [0.15, 0.2) is 23.1 Å². The summed E-state index contributed by atoms with van der Waals surface area (Å²) >= 11 is 3.13. The van der Waals surface area contributed by atoms with Gasteiger partial charge in [0, 0.05) is 12.4 Å². The zero-order chi connectivity index (χ0) is 9.42. The maximum absolute atomic E-state index is 10.7.